The van der Waals surface area contributed by atoms with Crippen molar-refractivity contribution in [3.05, 3.63) is 0 Å². The summed E-state index contributed by atoms with van der Waals surface area (Å²) in [6, 6.07) is 0. The van der Waals surface area contributed by atoms with Crippen LogP contribution in [-0.2, 0) is 4.79 Å². The fourth-order valence-corrected chi connectivity index (χ4v) is 1.62. The first-order valence-electron chi connectivity index (χ1n) is 4.51. The van der Waals surface area contributed by atoms with Gasteiger partial charge >= 0.3 is 5.97 Å². The average molecular weight is 171 g/mol. The third-order valence-electron chi connectivity index (χ3n) is 2.57. The Labute approximate surface area is 73.4 Å². The zero-order valence-electron chi connectivity index (χ0n) is 7.79. The van der Waals surface area contributed by atoms with E-state index >= 15 is 0 Å². The van der Waals surface area contributed by atoms with Crippen LogP contribution in [0.3, 0.4) is 0 Å². The molecule has 1 saturated heterocycles. The molecular formula is C9H17NO2. The molecule has 0 amide bonds. The van der Waals surface area contributed by atoms with E-state index in [-0.39, 0.29) is 5.92 Å². The van der Waals surface area contributed by atoms with Crippen molar-refractivity contribution in [2.75, 3.05) is 20.1 Å². The van der Waals surface area contributed by atoms with Gasteiger partial charge in [-0.3, -0.25) is 4.79 Å². The molecular weight excluding hydrogens is 154 g/mol. The predicted octanol–water partition coefficient (Wildman–Crippen LogP) is 1.05. The summed E-state index contributed by atoms with van der Waals surface area (Å²) >= 11 is 0. The van der Waals surface area contributed by atoms with Crippen molar-refractivity contribution >= 4 is 5.97 Å². The minimum Gasteiger partial charge on any atom is -0.481 e. The zero-order chi connectivity index (χ0) is 9.14. The van der Waals surface area contributed by atoms with Gasteiger partial charge in [0.05, 0.1) is 5.92 Å². The molecule has 0 aliphatic carbocycles. The molecule has 0 aromatic heterocycles. The van der Waals surface area contributed by atoms with Gasteiger partial charge in [0.2, 0.25) is 0 Å². The molecule has 0 aromatic rings. The van der Waals surface area contributed by atoms with Crippen LogP contribution in [0.1, 0.15) is 19.8 Å². The van der Waals surface area contributed by atoms with E-state index in [2.05, 4.69) is 11.9 Å². The second-order valence-electron chi connectivity index (χ2n) is 3.90. The lowest BCUT2D eigenvalue weighted by Gasteiger charge is -2.36. The molecule has 70 valence electrons. The number of hydrogen-bond donors (Lipinski definition) is 1. The van der Waals surface area contributed by atoms with Crippen LogP contribution in [0.5, 0.6) is 0 Å². The maximum Gasteiger partial charge on any atom is 0.306 e. The molecule has 0 radical (unpaired) electrons. The summed E-state index contributed by atoms with van der Waals surface area (Å²) in [7, 11) is 2.09. The molecule has 1 N–H and O–H groups in total. The SMILES string of the molecule is CC(CCC1CN(C)C1)C(=O)O. The van der Waals surface area contributed by atoms with Gasteiger partial charge in [0.1, 0.15) is 0 Å². The van der Waals surface area contributed by atoms with Gasteiger partial charge in [-0.25, -0.2) is 0 Å². The number of carboxylic acids is 1. The average Bonchev–Trinajstić information content (AvgIpc) is 1.95. The smallest absolute Gasteiger partial charge is 0.306 e. The lowest BCUT2D eigenvalue weighted by atomic mass is 9.91. The summed E-state index contributed by atoms with van der Waals surface area (Å²) in [4.78, 5) is 12.7. The maximum absolute atomic E-state index is 10.5. The first kappa shape index (κ1) is 9.52. The third-order valence-corrected chi connectivity index (χ3v) is 2.57. The molecule has 1 rings (SSSR count). The number of rotatable bonds is 4. The van der Waals surface area contributed by atoms with Crippen molar-refractivity contribution in [2.45, 2.75) is 19.8 Å². The summed E-state index contributed by atoms with van der Waals surface area (Å²) in [6.45, 7) is 4.07. The van der Waals surface area contributed by atoms with Crippen LogP contribution in [0.4, 0.5) is 0 Å². The normalized spacial score (nSPS) is 21.8. The molecule has 3 heteroatoms. The van der Waals surface area contributed by atoms with E-state index in [4.69, 9.17) is 5.11 Å². The number of aliphatic carboxylic acids is 1. The minimum absolute atomic E-state index is 0.170. The van der Waals surface area contributed by atoms with Crippen molar-refractivity contribution < 1.29 is 9.90 Å². The molecule has 1 aliphatic heterocycles. The summed E-state index contributed by atoms with van der Waals surface area (Å²) in [5.74, 6) is -0.0876. The highest BCUT2D eigenvalue weighted by Gasteiger charge is 2.24. The van der Waals surface area contributed by atoms with E-state index < -0.39 is 5.97 Å². The summed E-state index contributed by atoms with van der Waals surface area (Å²) in [5.41, 5.74) is 0. The van der Waals surface area contributed by atoms with Gasteiger partial charge in [-0.1, -0.05) is 6.92 Å². The van der Waals surface area contributed by atoms with E-state index in [9.17, 15) is 4.79 Å². The van der Waals surface area contributed by atoms with Gasteiger partial charge < -0.3 is 10.0 Å². The highest BCUT2D eigenvalue weighted by Crippen LogP contribution is 2.20. The predicted molar refractivity (Wildman–Crippen MR) is 47.0 cm³/mol. The Bertz CT molecular complexity index is 164. The van der Waals surface area contributed by atoms with E-state index in [1.807, 2.05) is 0 Å². The Morgan fingerprint density at radius 3 is 2.67 bits per heavy atom. The fourth-order valence-electron chi connectivity index (χ4n) is 1.62. The standard InChI is InChI=1S/C9H17NO2/c1-7(9(11)12)3-4-8-5-10(2)6-8/h7-8H,3-6H2,1-2H3,(H,11,12). The molecule has 3 nitrogen and oxygen atoms in total. The third kappa shape index (κ3) is 2.48. The van der Waals surface area contributed by atoms with Crippen molar-refractivity contribution in [3.63, 3.8) is 0 Å². The Balaban J connectivity index is 2.06. The Hall–Kier alpha value is -0.570. The topological polar surface area (TPSA) is 40.5 Å². The Morgan fingerprint density at radius 2 is 2.25 bits per heavy atom. The molecule has 0 saturated carbocycles. The Kier molecular flexibility index (Phi) is 3.09. The van der Waals surface area contributed by atoms with Crippen molar-refractivity contribution in [3.8, 4) is 0 Å². The fraction of sp³-hybridized carbons (Fsp3) is 0.889. The lowest BCUT2D eigenvalue weighted by Crippen LogP contribution is -2.43. The molecule has 1 atom stereocenters. The largest absolute Gasteiger partial charge is 0.481 e. The second-order valence-corrected chi connectivity index (χ2v) is 3.90. The van der Waals surface area contributed by atoms with Crippen LogP contribution in [0.2, 0.25) is 0 Å². The van der Waals surface area contributed by atoms with Crippen LogP contribution >= 0.6 is 0 Å². The van der Waals surface area contributed by atoms with E-state index in [0.29, 0.717) is 0 Å². The van der Waals surface area contributed by atoms with Gasteiger partial charge in [0.15, 0.2) is 0 Å². The highest BCUT2D eigenvalue weighted by atomic mass is 16.4. The highest BCUT2D eigenvalue weighted by molar-refractivity contribution is 5.69. The van der Waals surface area contributed by atoms with Gasteiger partial charge in [-0.2, -0.15) is 0 Å². The number of hydrogen-bond acceptors (Lipinski definition) is 2. The van der Waals surface area contributed by atoms with Crippen LogP contribution in [0.25, 0.3) is 0 Å². The van der Waals surface area contributed by atoms with Crippen molar-refractivity contribution in [2.24, 2.45) is 11.8 Å². The monoisotopic (exact) mass is 171 g/mol. The van der Waals surface area contributed by atoms with Crippen molar-refractivity contribution in [1.82, 2.24) is 4.90 Å². The first-order valence-corrected chi connectivity index (χ1v) is 4.51. The minimum atomic E-state index is -0.664. The number of carbonyl (C=O) groups is 1. The molecule has 0 spiro atoms. The Morgan fingerprint density at radius 1 is 1.67 bits per heavy atom. The van der Waals surface area contributed by atoms with Crippen LogP contribution in [0.15, 0.2) is 0 Å². The van der Waals surface area contributed by atoms with Gasteiger partial charge in [0, 0.05) is 13.1 Å². The number of nitrogens with zero attached hydrogens (tertiary/aromatic N) is 1. The summed E-state index contributed by atoms with van der Waals surface area (Å²) in [6.07, 6.45) is 1.89. The van der Waals surface area contributed by atoms with Gasteiger partial charge in [0.25, 0.3) is 0 Å². The first-order chi connectivity index (χ1) is 5.59. The van der Waals surface area contributed by atoms with Crippen LogP contribution < -0.4 is 0 Å². The van der Waals surface area contributed by atoms with Crippen molar-refractivity contribution in [1.29, 1.82) is 0 Å². The van der Waals surface area contributed by atoms with Crippen LogP contribution in [-0.4, -0.2) is 36.1 Å². The maximum atomic E-state index is 10.5. The van der Waals surface area contributed by atoms with E-state index in [1.54, 1.807) is 6.92 Å². The number of carboxylic acid groups (broad SMARTS) is 1. The molecule has 1 heterocycles. The number of likely N-dealkylation sites (tertiary alicyclic amines) is 1. The second kappa shape index (κ2) is 3.90. The zero-order valence-corrected chi connectivity index (χ0v) is 7.79. The van der Waals surface area contributed by atoms with Crippen LogP contribution in [0, 0.1) is 11.8 Å². The summed E-state index contributed by atoms with van der Waals surface area (Å²) in [5, 5.41) is 8.63. The van der Waals surface area contributed by atoms with Gasteiger partial charge in [-0.05, 0) is 25.8 Å². The molecule has 1 aliphatic rings. The summed E-state index contributed by atoms with van der Waals surface area (Å²) < 4.78 is 0. The molecule has 12 heavy (non-hydrogen) atoms. The van der Waals surface area contributed by atoms with E-state index in [1.165, 1.54) is 0 Å². The molecule has 1 unspecified atom stereocenters. The molecule has 1 fully saturated rings. The molecule has 0 aromatic carbocycles. The quantitative estimate of drug-likeness (QED) is 0.687. The molecule has 0 bridgehead atoms. The lowest BCUT2D eigenvalue weighted by molar-refractivity contribution is -0.141. The van der Waals surface area contributed by atoms with E-state index in [0.717, 1.165) is 31.8 Å². The van der Waals surface area contributed by atoms with Gasteiger partial charge in [-0.15, -0.1) is 0 Å².